The van der Waals surface area contributed by atoms with E-state index in [0.29, 0.717) is 12.8 Å². The molecule has 0 saturated heterocycles. The minimum absolute atomic E-state index is 0.166. The van der Waals surface area contributed by atoms with E-state index in [2.05, 4.69) is 15.5 Å². The van der Waals surface area contributed by atoms with E-state index in [9.17, 15) is 33.0 Å². The highest BCUT2D eigenvalue weighted by molar-refractivity contribution is 5.76. The number of nitrogens with zero attached hydrogens (tertiary/aromatic N) is 4. The molecular weight excluding hydrogens is 395 g/mol. The Labute approximate surface area is 163 Å². The summed E-state index contributed by atoms with van der Waals surface area (Å²) in [6, 6.07) is 0.635. The van der Waals surface area contributed by atoms with Crippen LogP contribution >= 0.6 is 0 Å². The van der Waals surface area contributed by atoms with Crippen LogP contribution in [0.5, 0.6) is 0 Å². The van der Waals surface area contributed by atoms with Crippen LogP contribution in [0.2, 0.25) is 0 Å². The molecule has 1 atom stereocenters. The van der Waals surface area contributed by atoms with Crippen molar-refractivity contribution in [3.05, 3.63) is 27.9 Å². The monoisotopic (exact) mass is 417 g/mol. The summed E-state index contributed by atoms with van der Waals surface area (Å²) in [5, 5.41) is 29.6. The minimum Gasteiger partial charge on any atom is -0.390 e. The molecule has 0 radical (unpaired) electrons. The number of aliphatic hydroxyl groups is 2. The van der Waals surface area contributed by atoms with Crippen LogP contribution in [-0.2, 0) is 11.3 Å². The van der Waals surface area contributed by atoms with Crippen LogP contribution in [0.1, 0.15) is 57.2 Å². The van der Waals surface area contributed by atoms with Gasteiger partial charge in [-0.05, 0) is 25.8 Å². The van der Waals surface area contributed by atoms with Crippen molar-refractivity contribution < 1.29 is 28.2 Å². The molecule has 29 heavy (non-hydrogen) atoms. The zero-order valence-electron chi connectivity index (χ0n) is 16.1. The van der Waals surface area contributed by atoms with E-state index in [1.54, 1.807) is 20.8 Å². The first-order chi connectivity index (χ1) is 13.3. The van der Waals surface area contributed by atoms with Crippen LogP contribution in [-0.4, -0.2) is 53.3 Å². The second-order valence-corrected chi connectivity index (χ2v) is 7.96. The van der Waals surface area contributed by atoms with Gasteiger partial charge in [0.15, 0.2) is 11.9 Å². The lowest BCUT2D eigenvalue weighted by atomic mass is 9.77. The van der Waals surface area contributed by atoms with Crippen LogP contribution in [0, 0.1) is 0 Å². The molecule has 1 amide bonds. The average Bonchev–Trinajstić information content (AvgIpc) is 2.99. The fourth-order valence-corrected chi connectivity index (χ4v) is 3.35. The fraction of sp³-hybridized carbons (Fsp3) is 0.647. The normalized spacial score (nSPS) is 23.3. The molecule has 160 valence electrons. The Hall–Kier alpha value is -2.47. The molecule has 3 rings (SSSR count). The van der Waals surface area contributed by atoms with Gasteiger partial charge in [-0.25, -0.2) is 9.20 Å². The first kappa shape index (κ1) is 21.2. The van der Waals surface area contributed by atoms with Gasteiger partial charge in [-0.1, -0.05) is 13.8 Å². The van der Waals surface area contributed by atoms with E-state index >= 15 is 0 Å². The van der Waals surface area contributed by atoms with Crippen molar-refractivity contribution in [1.82, 2.24) is 24.7 Å². The second kappa shape index (κ2) is 7.10. The minimum atomic E-state index is -4.94. The summed E-state index contributed by atoms with van der Waals surface area (Å²) in [6.07, 6.45) is -7.01. The van der Waals surface area contributed by atoms with E-state index in [4.69, 9.17) is 0 Å². The van der Waals surface area contributed by atoms with Crippen molar-refractivity contribution in [1.29, 1.82) is 0 Å². The van der Waals surface area contributed by atoms with Crippen molar-refractivity contribution in [3.63, 3.8) is 0 Å². The number of aliphatic hydroxyl groups excluding tert-OH is 1. The van der Waals surface area contributed by atoms with E-state index < -0.39 is 41.6 Å². The molecule has 9 nitrogen and oxygen atoms in total. The zero-order chi connectivity index (χ0) is 21.7. The first-order valence-corrected chi connectivity index (χ1v) is 9.06. The number of nitrogens with one attached hydrogen (secondary N) is 1. The number of alkyl halides is 3. The third kappa shape index (κ3) is 4.27. The highest BCUT2D eigenvalue weighted by Crippen LogP contribution is 2.32. The maximum Gasteiger partial charge on any atom is 0.420 e. The van der Waals surface area contributed by atoms with Gasteiger partial charge < -0.3 is 15.5 Å². The van der Waals surface area contributed by atoms with Gasteiger partial charge in [0.05, 0.1) is 5.60 Å². The van der Waals surface area contributed by atoms with Crippen molar-refractivity contribution in [2.24, 2.45) is 0 Å². The molecule has 12 heteroatoms. The summed E-state index contributed by atoms with van der Waals surface area (Å²) in [6.45, 7) is 4.62. The summed E-state index contributed by atoms with van der Waals surface area (Å²) in [5.74, 6) is -0.668. The van der Waals surface area contributed by atoms with Gasteiger partial charge in [0.2, 0.25) is 5.91 Å². The molecule has 1 saturated carbocycles. The zero-order valence-corrected chi connectivity index (χ0v) is 16.1. The largest absolute Gasteiger partial charge is 0.420 e. The Kier molecular flexibility index (Phi) is 5.20. The molecule has 1 fully saturated rings. The predicted octanol–water partition coefficient (Wildman–Crippen LogP) is 0.640. The van der Waals surface area contributed by atoms with Crippen molar-refractivity contribution in [3.8, 4) is 0 Å². The molecule has 0 aromatic carbocycles. The summed E-state index contributed by atoms with van der Waals surface area (Å²) >= 11 is 0. The molecule has 0 bridgehead atoms. The van der Waals surface area contributed by atoms with Gasteiger partial charge in [-0.15, -0.1) is 0 Å². The molecule has 0 aliphatic heterocycles. The maximum absolute atomic E-state index is 12.8. The lowest BCUT2D eigenvalue weighted by molar-refractivity contribution is -0.208. The number of carbonyl (C=O) groups excluding carboxylic acids is 1. The Balaban J connectivity index is 1.93. The number of carbonyl (C=O) groups is 1. The predicted molar refractivity (Wildman–Crippen MR) is 94.1 cm³/mol. The Bertz CT molecular complexity index is 987. The van der Waals surface area contributed by atoms with Gasteiger partial charge in [0.25, 0.3) is 5.56 Å². The molecule has 2 heterocycles. The lowest BCUT2D eigenvalue weighted by Crippen LogP contribution is -2.54. The Morgan fingerprint density at radius 2 is 2.00 bits per heavy atom. The molecule has 2 aromatic heterocycles. The smallest absolute Gasteiger partial charge is 0.390 e. The molecule has 1 aliphatic rings. The van der Waals surface area contributed by atoms with Gasteiger partial charge >= 0.3 is 6.18 Å². The number of amides is 1. The van der Waals surface area contributed by atoms with Crippen molar-refractivity contribution in [2.75, 3.05) is 0 Å². The highest BCUT2D eigenvalue weighted by atomic mass is 19.4. The summed E-state index contributed by atoms with van der Waals surface area (Å²) in [4.78, 5) is 24.9. The molecule has 3 N–H and O–H groups in total. The summed E-state index contributed by atoms with van der Waals surface area (Å²) in [5.41, 5.74) is -2.58. The number of hydrogen-bond acceptors (Lipinski definition) is 6. The molecule has 1 unspecified atom stereocenters. The van der Waals surface area contributed by atoms with Gasteiger partial charge in [0, 0.05) is 12.0 Å². The topological polar surface area (TPSA) is 122 Å². The van der Waals surface area contributed by atoms with Crippen LogP contribution in [0.25, 0.3) is 5.52 Å². The third-order valence-corrected chi connectivity index (χ3v) is 4.76. The number of rotatable bonds is 5. The van der Waals surface area contributed by atoms with Crippen molar-refractivity contribution in [2.45, 2.75) is 70.0 Å². The average molecular weight is 417 g/mol. The van der Waals surface area contributed by atoms with E-state index in [-0.39, 0.29) is 23.3 Å². The number of halogens is 3. The number of hydrogen-bond donors (Lipinski definition) is 3. The lowest BCUT2D eigenvalue weighted by Gasteiger charge is -2.41. The van der Waals surface area contributed by atoms with Crippen LogP contribution in [0.15, 0.2) is 10.9 Å². The maximum atomic E-state index is 12.8. The molecule has 0 spiro atoms. The van der Waals surface area contributed by atoms with Crippen LogP contribution in [0.3, 0.4) is 0 Å². The molecular formula is C17H22F3N5O4. The number of fused-ring (bicyclic) bond motifs is 1. The Morgan fingerprint density at radius 3 is 2.52 bits per heavy atom. The van der Waals surface area contributed by atoms with Crippen molar-refractivity contribution >= 4 is 11.4 Å². The summed E-state index contributed by atoms with van der Waals surface area (Å²) < 4.78 is 40.3. The molecule has 1 aliphatic carbocycles. The SMILES string of the molecule is CC(C)c1nn(CC(=O)N[C@H]2C[C@@](C)(O)C2)c(=O)c2cc(C(O)C(F)(F)F)nn12. The van der Waals surface area contributed by atoms with Gasteiger partial charge in [-0.2, -0.15) is 23.4 Å². The quantitative estimate of drug-likeness (QED) is 0.657. The number of aromatic nitrogens is 4. The fourth-order valence-electron chi connectivity index (χ4n) is 3.35. The van der Waals surface area contributed by atoms with Crippen LogP contribution in [0.4, 0.5) is 13.2 Å². The molecule has 2 aromatic rings. The Morgan fingerprint density at radius 1 is 1.38 bits per heavy atom. The van der Waals surface area contributed by atoms with E-state index in [1.165, 1.54) is 0 Å². The van der Waals surface area contributed by atoms with E-state index in [0.717, 1.165) is 15.3 Å². The first-order valence-electron chi connectivity index (χ1n) is 9.06. The standard InChI is InChI=1S/C17H22F3N5O4/c1-8(2)14-23-24(7-12(26)21-9-5-16(3,29)6-9)15(28)11-4-10(22-25(11)14)13(27)17(18,19)20/h4,8-9,13,27,29H,5-7H2,1-3H3,(H,21,26)/t9-,13?,16+. The van der Waals surface area contributed by atoms with Gasteiger partial charge in [0.1, 0.15) is 17.8 Å². The highest BCUT2D eigenvalue weighted by Gasteiger charge is 2.42. The summed E-state index contributed by atoms with van der Waals surface area (Å²) in [7, 11) is 0. The third-order valence-electron chi connectivity index (χ3n) is 4.76. The second-order valence-electron chi connectivity index (χ2n) is 7.96. The van der Waals surface area contributed by atoms with Gasteiger partial charge in [-0.3, -0.25) is 9.59 Å². The van der Waals surface area contributed by atoms with E-state index in [1.807, 2.05) is 0 Å². The van der Waals surface area contributed by atoms with Crippen LogP contribution < -0.4 is 10.9 Å².